The lowest BCUT2D eigenvalue weighted by atomic mass is 10.1. The van der Waals surface area contributed by atoms with Gasteiger partial charge in [0.1, 0.15) is 0 Å². The highest BCUT2D eigenvalue weighted by Gasteiger charge is 2.59. The van der Waals surface area contributed by atoms with Crippen molar-refractivity contribution >= 4 is 0 Å². The summed E-state index contributed by atoms with van der Waals surface area (Å²) in [5.74, 6) is 3.33. The first-order valence-electron chi connectivity index (χ1n) is 4.62. The second-order valence-corrected chi connectivity index (χ2v) is 4.30. The van der Waals surface area contributed by atoms with E-state index in [4.69, 9.17) is 0 Å². The van der Waals surface area contributed by atoms with Gasteiger partial charge in [-0.1, -0.05) is 6.92 Å². The number of fused-ring (bicyclic) bond motifs is 3. The average molecular weight is 137 g/mol. The fourth-order valence-corrected chi connectivity index (χ4v) is 3.29. The third-order valence-electron chi connectivity index (χ3n) is 3.94. The van der Waals surface area contributed by atoms with Gasteiger partial charge in [0.2, 0.25) is 0 Å². The van der Waals surface area contributed by atoms with Crippen LogP contribution in [-0.2, 0) is 0 Å². The Balaban J connectivity index is 1.84. The van der Waals surface area contributed by atoms with Crippen molar-refractivity contribution in [3.8, 4) is 0 Å². The zero-order chi connectivity index (χ0) is 6.72. The minimum Gasteiger partial charge on any atom is -0.300 e. The summed E-state index contributed by atoms with van der Waals surface area (Å²) in [5, 5.41) is 0. The maximum absolute atomic E-state index is 2.72. The van der Waals surface area contributed by atoms with Crippen LogP contribution < -0.4 is 0 Å². The summed E-state index contributed by atoms with van der Waals surface area (Å²) in [6.45, 7) is 5.28. The second-order valence-electron chi connectivity index (χ2n) is 4.30. The van der Waals surface area contributed by atoms with Gasteiger partial charge in [0.25, 0.3) is 0 Å². The molecule has 4 atom stereocenters. The summed E-state index contributed by atoms with van der Waals surface area (Å²) >= 11 is 0. The van der Waals surface area contributed by atoms with Crippen molar-refractivity contribution in [2.75, 3.05) is 13.1 Å². The van der Waals surface area contributed by atoms with Gasteiger partial charge in [0, 0.05) is 12.6 Å². The van der Waals surface area contributed by atoms with E-state index in [1.807, 2.05) is 0 Å². The molecule has 0 aromatic rings. The Morgan fingerprint density at radius 1 is 1.40 bits per heavy atom. The Morgan fingerprint density at radius 3 is 3.20 bits per heavy atom. The molecule has 2 aliphatic heterocycles. The molecule has 3 rings (SSSR count). The molecule has 0 bridgehead atoms. The number of hydrogen-bond donors (Lipinski definition) is 0. The Hall–Kier alpha value is -0.0400. The van der Waals surface area contributed by atoms with Gasteiger partial charge in [-0.05, 0) is 37.1 Å². The second kappa shape index (κ2) is 1.58. The molecule has 0 spiro atoms. The van der Waals surface area contributed by atoms with Crippen molar-refractivity contribution in [3.05, 3.63) is 0 Å². The van der Waals surface area contributed by atoms with Crippen LogP contribution in [0.25, 0.3) is 0 Å². The molecule has 1 saturated carbocycles. The van der Waals surface area contributed by atoms with E-state index in [-0.39, 0.29) is 0 Å². The van der Waals surface area contributed by atoms with Crippen molar-refractivity contribution in [1.82, 2.24) is 4.90 Å². The van der Waals surface area contributed by atoms with Crippen LogP contribution in [0.1, 0.15) is 19.8 Å². The normalized spacial score (nSPS) is 58.5. The molecule has 4 unspecified atom stereocenters. The number of hydrogen-bond acceptors (Lipinski definition) is 1. The van der Waals surface area contributed by atoms with Crippen LogP contribution in [0.4, 0.5) is 0 Å². The van der Waals surface area contributed by atoms with Crippen molar-refractivity contribution in [3.63, 3.8) is 0 Å². The summed E-state index contributed by atoms with van der Waals surface area (Å²) < 4.78 is 0. The summed E-state index contributed by atoms with van der Waals surface area (Å²) in [5.41, 5.74) is 0. The predicted molar refractivity (Wildman–Crippen MR) is 40.7 cm³/mol. The highest BCUT2D eigenvalue weighted by Crippen LogP contribution is 2.57. The zero-order valence-corrected chi connectivity index (χ0v) is 6.59. The van der Waals surface area contributed by atoms with Crippen LogP contribution in [0.15, 0.2) is 0 Å². The van der Waals surface area contributed by atoms with Crippen molar-refractivity contribution in [2.24, 2.45) is 17.8 Å². The largest absolute Gasteiger partial charge is 0.300 e. The third kappa shape index (κ3) is 0.493. The van der Waals surface area contributed by atoms with Crippen LogP contribution in [0, 0.1) is 17.8 Å². The van der Waals surface area contributed by atoms with Crippen molar-refractivity contribution in [1.29, 1.82) is 0 Å². The SMILES string of the molecule is CC1C2CN3CCCC3C12. The van der Waals surface area contributed by atoms with Crippen molar-refractivity contribution < 1.29 is 0 Å². The molecule has 1 aliphatic carbocycles. The van der Waals surface area contributed by atoms with E-state index >= 15 is 0 Å². The molecule has 1 heteroatoms. The van der Waals surface area contributed by atoms with Gasteiger partial charge in [0.05, 0.1) is 0 Å². The topological polar surface area (TPSA) is 3.24 Å². The highest BCUT2D eigenvalue weighted by atomic mass is 15.2. The van der Waals surface area contributed by atoms with E-state index in [2.05, 4.69) is 11.8 Å². The van der Waals surface area contributed by atoms with Crippen LogP contribution >= 0.6 is 0 Å². The molecule has 3 fully saturated rings. The molecular formula is C9H15N. The molecule has 2 heterocycles. The summed E-state index contributed by atoms with van der Waals surface area (Å²) in [6.07, 6.45) is 2.98. The van der Waals surface area contributed by atoms with Gasteiger partial charge in [-0.25, -0.2) is 0 Å². The molecule has 3 aliphatic rings. The fourth-order valence-electron chi connectivity index (χ4n) is 3.29. The van der Waals surface area contributed by atoms with Crippen LogP contribution in [0.3, 0.4) is 0 Å². The molecule has 0 N–H and O–H groups in total. The first kappa shape index (κ1) is 5.59. The van der Waals surface area contributed by atoms with Crippen molar-refractivity contribution in [2.45, 2.75) is 25.8 Å². The van der Waals surface area contributed by atoms with Gasteiger partial charge in [-0.15, -0.1) is 0 Å². The zero-order valence-electron chi connectivity index (χ0n) is 6.59. The molecule has 56 valence electrons. The van der Waals surface area contributed by atoms with Gasteiger partial charge in [0.15, 0.2) is 0 Å². The van der Waals surface area contributed by atoms with E-state index in [9.17, 15) is 0 Å². The van der Waals surface area contributed by atoms with Crippen LogP contribution in [0.5, 0.6) is 0 Å². The first-order chi connectivity index (χ1) is 4.88. The Bertz CT molecular complexity index is 166. The Labute approximate surface area is 62.4 Å². The lowest BCUT2D eigenvalue weighted by Gasteiger charge is -2.18. The third-order valence-corrected chi connectivity index (χ3v) is 3.94. The Kier molecular flexibility index (Phi) is 0.883. The molecule has 0 aromatic carbocycles. The fraction of sp³-hybridized carbons (Fsp3) is 1.00. The van der Waals surface area contributed by atoms with E-state index in [1.165, 1.54) is 25.9 Å². The van der Waals surface area contributed by atoms with Gasteiger partial charge < -0.3 is 0 Å². The lowest BCUT2D eigenvalue weighted by molar-refractivity contribution is 0.265. The summed E-state index contributed by atoms with van der Waals surface area (Å²) in [7, 11) is 0. The number of nitrogens with zero attached hydrogens (tertiary/aromatic N) is 1. The molecular weight excluding hydrogens is 122 g/mol. The molecule has 10 heavy (non-hydrogen) atoms. The summed E-state index contributed by atoms with van der Waals surface area (Å²) in [6, 6.07) is 1.03. The molecule has 0 aromatic heterocycles. The molecule has 2 saturated heterocycles. The lowest BCUT2D eigenvalue weighted by Crippen LogP contribution is -2.27. The maximum Gasteiger partial charge on any atom is 0.0130 e. The standard InChI is InChI=1S/C9H15N/c1-6-7-5-10-4-2-3-8(10)9(6)7/h6-9H,2-5H2,1H3. The number of piperidine rings is 1. The van der Waals surface area contributed by atoms with Crippen LogP contribution in [0.2, 0.25) is 0 Å². The van der Waals surface area contributed by atoms with E-state index in [1.54, 1.807) is 0 Å². The predicted octanol–water partition coefficient (Wildman–Crippen LogP) is 1.35. The van der Waals surface area contributed by atoms with Gasteiger partial charge >= 0.3 is 0 Å². The highest BCUT2D eigenvalue weighted by molar-refractivity contribution is 5.10. The molecule has 0 radical (unpaired) electrons. The minimum atomic E-state index is 1.03. The average Bonchev–Trinajstić information content (AvgIpc) is 2.27. The van der Waals surface area contributed by atoms with Gasteiger partial charge in [-0.3, -0.25) is 4.90 Å². The molecule has 1 nitrogen and oxygen atoms in total. The first-order valence-corrected chi connectivity index (χ1v) is 4.62. The van der Waals surface area contributed by atoms with E-state index < -0.39 is 0 Å². The van der Waals surface area contributed by atoms with E-state index in [0.29, 0.717) is 0 Å². The minimum absolute atomic E-state index is 1.03. The quantitative estimate of drug-likeness (QED) is 0.487. The smallest absolute Gasteiger partial charge is 0.0130 e. The van der Waals surface area contributed by atoms with E-state index in [0.717, 1.165) is 23.8 Å². The molecule has 0 amide bonds. The maximum atomic E-state index is 2.72. The Morgan fingerprint density at radius 2 is 2.30 bits per heavy atom. The van der Waals surface area contributed by atoms with Crippen LogP contribution in [-0.4, -0.2) is 24.0 Å². The summed E-state index contributed by atoms with van der Waals surface area (Å²) in [4.78, 5) is 2.72. The number of rotatable bonds is 0. The monoisotopic (exact) mass is 137 g/mol. The van der Waals surface area contributed by atoms with Gasteiger partial charge in [-0.2, -0.15) is 0 Å².